The number of carbonyl (C=O) groups excluding carboxylic acids is 1. The van der Waals surface area contributed by atoms with E-state index in [0.717, 1.165) is 5.56 Å². The van der Waals surface area contributed by atoms with E-state index in [1.165, 1.54) is 11.4 Å². The highest BCUT2D eigenvalue weighted by Crippen LogP contribution is 2.35. The Bertz CT molecular complexity index is 598. The fourth-order valence-electron chi connectivity index (χ4n) is 2.15. The first kappa shape index (κ1) is 13.7. The number of nitrogen functional groups attached to an aromatic ring is 1. The van der Waals surface area contributed by atoms with Crippen LogP contribution in [0.1, 0.15) is 12.0 Å². The van der Waals surface area contributed by atoms with Gasteiger partial charge in [-0.3, -0.25) is 9.10 Å². The van der Waals surface area contributed by atoms with Gasteiger partial charge in [0, 0.05) is 6.54 Å². The molecule has 1 aliphatic rings. The van der Waals surface area contributed by atoms with Crippen LogP contribution in [0.4, 0.5) is 11.4 Å². The summed E-state index contributed by atoms with van der Waals surface area (Å²) in [6.45, 7) is 0.368. The van der Waals surface area contributed by atoms with Crippen molar-refractivity contribution in [3.05, 3.63) is 23.8 Å². The third-order valence-electron chi connectivity index (χ3n) is 3.11. The fourth-order valence-corrected chi connectivity index (χ4v) is 3.67. The summed E-state index contributed by atoms with van der Waals surface area (Å²) in [6.07, 6.45) is 0.481. The van der Waals surface area contributed by atoms with E-state index in [9.17, 15) is 13.2 Å². The second-order valence-electron chi connectivity index (χ2n) is 4.32. The lowest BCUT2D eigenvalue weighted by molar-refractivity contribution is -0.140. The first-order valence-electron chi connectivity index (χ1n) is 5.90. The quantitative estimate of drug-likeness (QED) is 0.643. The van der Waals surface area contributed by atoms with E-state index in [1.807, 2.05) is 6.07 Å². The Kier molecular flexibility index (Phi) is 3.66. The van der Waals surface area contributed by atoms with Crippen LogP contribution in [-0.2, 0) is 26.0 Å². The normalized spacial score (nSPS) is 14.3. The Morgan fingerprint density at radius 1 is 1.47 bits per heavy atom. The van der Waals surface area contributed by atoms with Crippen molar-refractivity contribution in [1.29, 1.82) is 0 Å². The van der Waals surface area contributed by atoms with Crippen LogP contribution in [-0.4, -0.2) is 33.8 Å². The van der Waals surface area contributed by atoms with Crippen LogP contribution in [0, 0.1) is 0 Å². The number of methoxy groups -OCH3 is 1. The molecule has 0 amide bonds. The zero-order chi connectivity index (χ0) is 14.0. The third kappa shape index (κ3) is 2.65. The maximum Gasteiger partial charge on any atom is 0.306 e. The van der Waals surface area contributed by atoms with Crippen LogP contribution < -0.4 is 10.0 Å². The number of esters is 1. The largest absolute Gasteiger partial charge is 0.469 e. The molecule has 0 saturated carbocycles. The van der Waals surface area contributed by atoms with Gasteiger partial charge in [-0.05, 0) is 18.1 Å². The minimum atomic E-state index is -3.55. The number of nitrogens with two attached hydrogens (primary N) is 1. The molecule has 1 heterocycles. The van der Waals surface area contributed by atoms with Gasteiger partial charge < -0.3 is 10.5 Å². The smallest absolute Gasteiger partial charge is 0.306 e. The zero-order valence-electron chi connectivity index (χ0n) is 10.6. The van der Waals surface area contributed by atoms with E-state index < -0.39 is 16.0 Å². The molecule has 2 N–H and O–H groups in total. The molecule has 1 aliphatic heterocycles. The summed E-state index contributed by atoms with van der Waals surface area (Å²) in [5.41, 5.74) is 7.75. The van der Waals surface area contributed by atoms with E-state index >= 15 is 0 Å². The first-order chi connectivity index (χ1) is 8.95. The lowest BCUT2D eigenvalue weighted by Gasteiger charge is -2.20. The lowest BCUT2D eigenvalue weighted by Crippen LogP contribution is -2.32. The molecule has 0 aromatic heterocycles. The highest BCUT2D eigenvalue weighted by Gasteiger charge is 2.31. The molecule has 2 rings (SSSR count). The van der Waals surface area contributed by atoms with E-state index in [4.69, 9.17) is 5.73 Å². The number of ether oxygens (including phenoxy) is 1. The Hall–Kier alpha value is -1.76. The molecule has 0 aliphatic carbocycles. The van der Waals surface area contributed by atoms with Crippen molar-refractivity contribution in [2.75, 3.05) is 29.4 Å². The Balaban J connectivity index is 2.23. The fraction of sp³-hybridized carbons (Fsp3) is 0.417. The number of carbonyl (C=O) groups is 1. The Morgan fingerprint density at radius 2 is 2.21 bits per heavy atom. The lowest BCUT2D eigenvalue weighted by atomic mass is 10.1. The maximum atomic E-state index is 12.2. The van der Waals surface area contributed by atoms with Gasteiger partial charge in [0.1, 0.15) is 0 Å². The van der Waals surface area contributed by atoms with Gasteiger partial charge in [-0.15, -0.1) is 0 Å². The molecule has 0 bridgehead atoms. The molecule has 6 nitrogen and oxygen atoms in total. The molecule has 104 valence electrons. The van der Waals surface area contributed by atoms with Crippen molar-refractivity contribution < 1.29 is 17.9 Å². The molecule has 0 fully saturated rings. The second-order valence-corrected chi connectivity index (χ2v) is 6.33. The summed E-state index contributed by atoms with van der Waals surface area (Å²) in [6, 6.07) is 5.34. The summed E-state index contributed by atoms with van der Waals surface area (Å²) in [5.74, 6) is -0.808. The van der Waals surface area contributed by atoms with Crippen LogP contribution in [0.15, 0.2) is 18.2 Å². The van der Waals surface area contributed by atoms with Gasteiger partial charge in [-0.1, -0.05) is 12.1 Å². The summed E-state index contributed by atoms with van der Waals surface area (Å²) < 4.78 is 30.2. The topological polar surface area (TPSA) is 89.7 Å². The van der Waals surface area contributed by atoms with Gasteiger partial charge in [0.2, 0.25) is 10.0 Å². The van der Waals surface area contributed by atoms with Gasteiger partial charge in [-0.2, -0.15) is 0 Å². The first-order valence-corrected chi connectivity index (χ1v) is 7.51. The van der Waals surface area contributed by atoms with Crippen LogP contribution in [0.2, 0.25) is 0 Å². The average molecular weight is 284 g/mol. The minimum Gasteiger partial charge on any atom is -0.469 e. The number of anilines is 2. The van der Waals surface area contributed by atoms with Gasteiger partial charge in [0.25, 0.3) is 0 Å². The molecular weight excluding hydrogens is 268 g/mol. The van der Waals surface area contributed by atoms with Crippen molar-refractivity contribution in [2.45, 2.75) is 12.8 Å². The third-order valence-corrected chi connectivity index (χ3v) is 4.87. The molecule has 19 heavy (non-hydrogen) atoms. The highest BCUT2D eigenvalue weighted by atomic mass is 32.2. The van der Waals surface area contributed by atoms with Crippen molar-refractivity contribution in [3.8, 4) is 0 Å². The van der Waals surface area contributed by atoms with E-state index in [2.05, 4.69) is 4.74 Å². The second kappa shape index (κ2) is 5.08. The number of para-hydroxylation sites is 1. The number of hydrogen-bond acceptors (Lipinski definition) is 5. The maximum absolute atomic E-state index is 12.2. The predicted octanol–water partition coefficient (Wildman–Crippen LogP) is 0.524. The monoisotopic (exact) mass is 284 g/mol. The van der Waals surface area contributed by atoms with Crippen LogP contribution in [0.3, 0.4) is 0 Å². The SMILES string of the molecule is COC(=O)CCS(=O)(=O)N1CCc2cccc(N)c21. The number of nitrogens with zero attached hydrogens (tertiary/aromatic N) is 1. The molecular formula is C12H16N2O4S. The van der Waals surface area contributed by atoms with E-state index in [-0.39, 0.29) is 12.2 Å². The van der Waals surface area contributed by atoms with Crippen LogP contribution in [0.25, 0.3) is 0 Å². The van der Waals surface area contributed by atoms with E-state index in [1.54, 1.807) is 12.1 Å². The summed E-state index contributed by atoms with van der Waals surface area (Å²) in [4.78, 5) is 11.1. The van der Waals surface area contributed by atoms with Gasteiger partial charge in [-0.25, -0.2) is 8.42 Å². The number of benzene rings is 1. The molecule has 1 aromatic rings. The zero-order valence-corrected chi connectivity index (χ0v) is 11.4. The molecule has 0 saturated heterocycles. The molecule has 0 unspecified atom stereocenters. The summed E-state index contributed by atoms with van der Waals surface area (Å²) in [5, 5.41) is 0. The minimum absolute atomic E-state index is 0.155. The van der Waals surface area contributed by atoms with Crippen molar-refractivity contribution >= 4 is 27.4 Å². The summed E-state index contributed by atoms with van der Waals surface area (Å²) >= 11 is 0. The van der Waals surface area contributed by atoms with Crippen molar-refractivity contribution in [2.24, 2.45) is 0 Å². The Labute approximate surface area is 112 Å². The van der Waals surface area contributed by atoms with Gasteiger partial charge in [0.15, 0.2) is 0 Å². The van der Waals surface area contributed by atoms with E-state index in [0.29, 0.717) is 24.3 Å². The molecule has 0 radical (unpaired) electrons. The molecule has 1 aromatic carbocycles. The number of rotatable bonds is 4. The molecule has 0 atom stereocenters. The standard InChI is InChI=1S/C12H16N2O4S/c1-18-11(15)6-8-19(16,17)14-7-5-9-3-2-4-10(13)12(9)14/h2-4H,5-8,13H2,1H3. The highest BCUT2D eigenvalue weighted by molar-refractivity contribution is 7.92. The number of hydrogen-bond donors (Lipinski definition) is 1. The molecule has 7 heteroatoms. The molecule has 0 spiro atoms. The average Bonchev–Trinajstić information content (AvgIpc) is 2.82. The number of fused-ring (bicyclic) bond motifs is 1. The van der Waals surface area contributed by atoms with Crippen molar-refractivity contribution in [1.82, 2.24) is 0 Å². The van der Waals surface area contributed by atoms with Crippen LogP contribution >= 0.6 is 0 Å². The number of sulfonamides is 1. The van der Waals surface area contributed by atoms with Crippen LogP contribution in [0.5, 0.6) is 0 Å². The van der Waals surface area contributed by atoms with Crippen molar-refractivity contribution in [3.63, 3.8) is 0 Å². The Morgan fingerprint density at radius 3 is 2.89 bits per heavy atom. The predicted molar refractivity (Wildman–Crippen MR) is 72.3 cm³/mol. The van der Waals surface area contributed by atoms with Gasteiger partial charge in [0.05, 0.1) is 30.7 Å². The summed E-state index contributed by atoms with van der Waals surface area (Å²) in [7, 11) is -2.31. The van der Waals surface area contributed by atoms with Gasteiger partial charge >= 0.3 is 5.97 Å².